The molecule has 0 N–H and O–H groups in total. The third kappa shape index (κ3) is 2.80. The number of hydrogen-bond acceptors (Lipinski definition) is 9. The predicted octanol–water partition coefficient (Wildman–Crippen LogP) is 3.40. The molecular formula is C22H22O9. The van der Waals surface area contributed by atoms with Gasteiger partial charge in [-0.3, -0.25) is 4.79 Å². The van der Waals surface area contributed by atoms with E-state index >= 15 is 0 Å². The highest BCUT2D eigenvalue weighted by atomic mass is 16.6. The molecule has 0 amide bonds. The van der Waals surface area contributed by atoms with Gasteiger partial charge in [0.2, 0.25) is 28.4 Å². The summed E-state index contributed by atoms with van der Waals surface area (Å²) in [6.45, 7) is 0.103. The van der Waals surface area contributed by atoms with Crippen LogP contribution in [0.2, 0.25) is 0 Å². The summed E-state index contributed by atoms with van der Waals surface area (Å²) in [4.78, 5) is 13.5. The Morgan fingerprint density at radius 1 is 0.742 bits per heavy atom. The number of fused-ring (bicyclic) bond motifs is 4. The molecule has 1 aromatic heterocycles. The number of rotatable bonds is 6. The standard InChI is InChI=1S/C22H22O9/c1-24-12-8-7-10-11(15(12)25-2)9-30-19-14(23)13-17(26-3)20(27-4)22(29-6)21(28-5)18(13)31-16(10)19/h7-8H,9H2,1-6H3. The number of methoxy groups -OCH3 is 6. The summed E-state index contributed by atoms with van der Waals surface area (Å²) >= 11 is 0. The number of hydrogen-bond donors (Lipinski definition) is 0. The third-order valence-corrected chi connectivity index (χ3v) is 5.19. The molecular weight excluding hydrogens is 408 g/mol. The van der Waals surface area contributed by atoms with Gasteiger partial charge in [0.25, 0.3) is 0 Å². The van der Waals surface area contributed by atoms with Crippen molar-refractivity contribution in [3.8, 4) is 51.6 Å². The van der Waals surface area contributed by atoms with E-state index in [0.717, 1.165) is 0 Å². The first kappa shape index (κ1) is 20.5. The fourth-order valence-corrected chi connectivity index (χ4v) is 3.86. The molecule has 1 aliphatic heterocycles. The largest absolute Gasteiger partial charge is 0.493 e. The molecule has 1 aliphatic rings. The Morgan fingerprint density at radius 2 is 1.35 bits per heavy atom. The quantitative estimate of drug-likeness (QED) is 0.583. The summed E-state index contributed by atoms with van der Waals surface area (Å²) in [6, 6.07) is 3.53. The Kier molecular flexibility index (Phi) is 5.18. The van der Waals surface area contributed by atoms with Crippen LogP contribution in [0.3, 0.4) is 0 Å². The van der Waals surface area contributed by atoms with Crippen LogP contribution >= 0.6 is 0 Å². The van der Waals surface area contributed by atoms with Crippen LogP contribution in [0.25, 0.3) is 22.3 Å². The van der Waals surface area contributed by atoms with E-state index in [1.54, 1.807) is 19.2 Å². The summed E-state index contributed by atoms with van der Waals surface area (Å²) in [6.07, 6.45) is 0. The van der Waals surface area contributed by atoms with Crippen LogP contribution in [0.15, 0.2) is 21.3 Å². The fourth-order valence-electron chi connectivity index (χ4n) is 3.86. The minimum Gasteiger partial charge on any atom is -0.493 e. The average molecular weight is 430 g/mol. The van der Waals surface area contributed by atoms with Crippen LogP contribution in [0.5, 0.6) is 40.2 Å². The second-order valence-electron chi connectivity index (χ2n) is 6.54. The molecule has 2 heterocycles. The van der Waals surface area contributed by atoms with Crippen molar-refractivity contribution in [1.29, 1.82) is 0 Å². The van der Waals surface area contributed by atoms with E-state index in [1.165, 1.54) is 35.5 Å². The first-order valence-corrected chi connectivity index (χ1v) is 9.29. The van der Waals surface area contributed by atoms with Gasteiger partial charge in [-0.15, -0.1) is 0 Å². The van der Waals surface area contributed by atoms with E-state index in [2.05, 4.69) is 0 Å². The maximum atomic E-state index is 13.5. The maximum Gasteiger partial charge on any atom is 0.239 e. The Labute approximate surface area is 177 Å². The van der Waals surface area contributed by atoms with Gasteiger partial charge in [0.15, 0.2) is 28.6 Å². The first-order chi connectivity index (χ1) is 15.1. The topological polar surface area (TPSA) is 94.8 Å². The van der Waals surface area contributed by atoms with Gasteiger partial charge in [-0.2, -0.15) is 0 Å². The molecule has 0 fully saturated rings. The maximum absolute atomic E-state index is 13.5. The summed E-state index contributed by atoms with van der Waals surface area (Å²) in [7, 11) is 8.85. The van der Waals surface area contributed by atoms with Crippen LogP contribution in [-0.2, 0) is 6.61 Å². The van der Waals surface area contributed by atoms with E-state index in [9.17, 15) is 4.79 Å². The lowest BCUT2D eigenvalue weighted by atomic mass is 9.99. The lowest BCUT2D eigenvalue weighted by Gasteiger charge is -2.24. The van der Waals surface area contributed by atoms with Crippen molar-refractivity contribution >= 4 is 11.0 Å². The molecule has 0 atom stereocenters. The monoisotopic (exact) mass is 430 g/mol. The summed E-state index contributed by atoms with van der Waals surface area (Å²) in [5.41, 5.74) is 1.07. The Hall–Kier alpha value is -3.75. The van der Waals surface area contributed by atoms with Crippen LogP contribution in [0, 0.1) is 0 Å². The van der Waals surface area contributed by atoms with Crippen molar-refractivity contribution in [2.24, 2.45) is 0 Å². The molecule has 0 saturated heterocycles. The summed E-state index contributed by atoms with van der Waals surface area (Å²) < 4.78 is 44.8. The molecule has 0 saturated carbocycles. The molecule has 4 rings (SSSR count). The van der Waals surface area contributed by atoms with E-state index < -0.39 is 5.43 Å². The molecule has 0 radical (unpaired) electrons. The zero-order chi connectivity index (χ0) is 22.3. The zero-order valence-corrected chi connectivity index (χ0v) is 18.0. The number of ether oxygens (including phenoxy) is 7. The van der Waals surface area contributed by atoms with E-state index in [1.807, 2.05) is 0 Å². The molecule has 164 valence electrons. The highest BCUT2D eigenvalue weighted by Gasteiger charge is 2.33. The Balaban J connectivity index is 2.15. The third-order valence-electron chi connectivity index (χ3n) is 5.19. The van der Waals surface area contributed by atoms with Crippen molar-refractivity contribution in [3.63, 3.8) is 0 Å². The predicted molar refractivity (Wildman–Crippen MR) is 112 cm³/mol. The molecule has 9 heteroatoms. The summed E-state index contributed by atoms with van der Waals surface area (Å²) in [5, 5.41) is 0.125. The van der Waals surface area contributed by atoms with Crippen LogP contribution in [0.4, 0.5) is 0 Å². The molecule has 3 aromatic rings. The van der Waals surface area contributed by atoms with Crippen molar-refractivity contribution < 1.29 is 37.6 Å². The van der Waals surface area contributed by atoms with E-state index in [-0.39, 0.29) is 52.1 Å². The lowest BCUT2D eigenvalue weighted by Crippen LogP contribution is -2.17. The lowest BCUT2D eigenvalue weighted by molar-refractivity contribution is 0.275. The van der Waals surface area contributed by atoms with Gasteiger partial charge in [0.1, 0.15) is 12.0 Å². The average Bonchev–Trinajstić information content (AvgIpc) is 2.81. The van der Waals surface area contributed by atoms with Gasteiger partial charge < -0.3 is 37.6 Å². The van der Waals surface area contributed by atoms with Crippen molar-refractivity contribution in [1.82, 2.24) is 0 Å². The van der Waals surface area contributed by atoms with Gasteiger partial charge >= 0.3 is 0 Å². The second kappa shape index (κ2) is 7.82. The molecule has 31 heavy (non-hydrogen) atoms. The van der Waals surface area contributed by atoms with Gasteiger partial charge in [0.05, 0.1) is 42.7 Å². The van der Waals surface area contributed by atoms with Crippen LogP contribution in [-0.4, -0.2) is 42.7 Å². The molecule has 0 spiro atoms. The van der Waals surface area contributed by atoms with E-state index in [0.29, 0.717) is 22.6 Å². The molecule has 9 nitrogen and oxygen atoms in total. The minimum atomic E-state index is -0.423. The normalized spacial score (nSPS) is 11.8. The van der Waals surface area contributed by atoms with Gasteiger partial charge in [-0.05, 0) is 12.1 Å². The smallest absolute Gasteiger partial charge is 0.239 e. The first-order valence-electron chi connectivity index (χ1n) is 9.29. The van der Waals surface area contributed by atoms with Gasteiger partial charge in [0, 0.05) is 11.1 Å². The van der Waals surface area contributed by atoms with E-state index in [4.69, 9.17) is 37.6 Å². The Morgan fingerprint density at radius 3 is 1.94 bits per heavy atom. The fraction of sp³-hybridized carbons (Fsp3) is 0.318. The molecule has 0 bridgehead atoms. The van der Waals surface area contributed by atoms with Crippen molar-refractivity contribution in [3.05, 3.63) is 27.9 Å². The zero-order valence-electron chi connectivity index (χ0n) is 18.0. The van der Waals surface area contributed by atoms with Gasteiger partial charge in [-0.25, -0.2) is 0 Å². The van der Waals surface area contributed by atoms with Gasteiger partial charge in [-0.1, -0.05) is 0 Å². The van der Waals surface area contributed by atoms with Crippen LogP contribution in [0.1, 0.15) is 5.56 Å². The highest BCUT2D eigenvalue weighted by molar-refractivity contribution is 5.97. The molecule has 2 aromatic carbocycles. The van der Waals surface area contributed by atoms with Crippen LogP contribution < -0.4 is 38.6 Å². The van der Waals surface area contributed by atoms with Crippen molar-refractivity contribution in [2.75, 3.05) is 42.7 Å². The SMILES string of the molecule is COc1ccc2c(c1OC)COc1c-2oc2c(OC)c(OC)c(OC)c(OC)c2c1=O. The number of benzene rings is 2. The Bertz CT molecular complexity index is 1230. The second-order valence-corrected chi connectivity index (χ2v) is 6.54. The highest BCUT2D eigenvalue weighted by Crippen LogP contribution is 2.52. The van der Waals surface area contributed by atoms with Crippen molar-refractivity contribution in [2.45, 2.75) is 6.61 Å². The summed E-state index contributed by atoms with van der Waals surface area (Å²) in [5.74, 6) is 2.15. The minimum absolute atomic E-state index is 0.0554. The molecule has 0 aliphatic carbocycles. The molecule has 0 unspecified atom stereocenters.